The minimum Gasteiger partial charge on any atom is -0.478 e. The highest BCUT2D eigenvalue weighted by molar-refractivity contribution is 5.99. The van der Waals surface area contributed by atoms with Crippen molar-refractivity contribution < 1.29 is 14.7 Å². The van der Waals surface area contributed by atoms with Crippen molar-refractivity contribution >= 4 is 22.8 Å². The zero-order valence-corrected chi connectivity index (χ0v) is 20.7. The Balaban J connectivity index is 1.66. The number of likely N-dealkylation sites (N-methyl/N-ethyl adjacent to an activating group) is 1. The largest absolute Gasteiger partial charge is 0.478 e. The number of amides is 1. The number of fused-ring (bicyclic) bond motifs is 1. The molecule has 0 bridgehead atoms. The van der Waals surface area contributed by atoms with Crippen LogP contribution in [0.3, 0.4) is 0 Å². The van der Waals surface area contributed by atoms with Gasteiger partial charge in [-0.25, -0.2) is 4.79 Å². The Labute approximate surface area is 207 Å². The number of carbonyl (C=O) groups is 2. The summed E-state index contributed by atoms with van der Waals surface area (Å²) in [6, 6.07) is 16.1. The number of carbonyl (C=O) groups excluding carboxylic acids is 1. The van der Waals surface area contributed by atoms with E-state index in [2.05, 4.69) is 35.7 Å². The Morgan fingerprint density at radius 2 is 1.74 bits per heavy atom. The van der Waals surface area contributed by atoms with Crippen molar-refractivity contribution in [2.24, 2.45) is 0 Å². The molecule has 1 amide bonds. The molecule has 6 heteroatoms. The molecule has 0 radical (unpaired) electrons. The quantitative estimate of drug-likeness (QED) is 0.533. The van der Waals surface area contributed by atoms with E-state index >= 15 is 0 Å². The van der Waals surface area contributed by atoms with Crippen LogP contribution in [-0.2, 0) is 11.3 Å². The Morgan fingerprint density at radius 1 is 1.00 bits per heavy atom. The molecule has 1 unspecified atom stereocenters. The molecule has 184 valence electrons. The van der Waals surface area contributed by atoms with E-state index in [1.165, 1.54) is 24.8 Å². The highest BCUT2D eigenvalue weighted by atomic mass is 16.4. The third kappa shape index (κ3) is 4.59. The summed E-state index contributed by atoms with van der Waals surface area (Å²) in [6.45, 7) is 1.72. The highest BCUT2D eigenvalue weighted by Gasteiger charge is 2.31. The third-order valence-corrected chi connectivity index (χ3v) is 7.95. The van der Waals surface area contributed by atoms with Crippen LogP contribution in [0.4, 0.5) is 0 Å². The first-order valence-corrected chi connectivity index (χ1v) is 12.8. The number of benzene rings is 2. The van der Waals surface area contributed by atoms with Crippen LogP contribution in [-0.4, -0.2) is 64.6 Å². The van der Waals surface area contributed by atoms with Crippen LogP contribution in [0.25, 0.3) is 22.2 Å². The van der Waals surface area contributed by atoms with Gasteiger partial charge in [-0.1, -0.05) is 55.7 Å². The number of hydrogen-bond donors (Lipinski definition) is 1. The van der Waals surface area contributed by atoms with Gasteiger partial charge in [-0.2, -0.15) is 0 Å². The first-order valence-electron chi connectivity index (χ1n) is 12.8. The maximum Gasteiger partial charge on any atom is 0.335 e. The van der Waals surface area contributed by atoms with Crippen LogP contribution >= 0.6 is 0 Å². The molecule has 1 saturated heterocycles. The Morgan fingerprint density at radius 3 is 2.40 bits per heavy atom. The lowest BCUT2D eigenvalue weighted by molar-refractivity contribution is -0.130. The molecule has 2 aliphatic rings. The molecule has 2 aromatic carbocycles. The van der Waals surface area contributed by atoms with Gasteiger partial charge in [-0.3, -0.25) is 4.79 Å². The van der Waals surface area contributed by atoms with Crippen LogP contribution in [0.1, 0.15) is 60.4 Å². The second-order valence-electron chi connectivity index (χ2n) is 10.3. The second kappa shape index (κ2) is 9.86. The zero-order chi connectivity index (χ0) is 24.5. The number of nitrogens with zero attached hydrogens (tertiary/aromatic N) is 3. The monoisotopic (exact) mass is 473 g/mol. The van der Waals surface area contributed by atoms with Gasteiger partial charge in [0.05, 0.1) is 16.8 Å². The third-order valence-electron chi connectivity index (χ3n) is 7.95. The van der Waals surface area contributed by atoms with E-state index in [0.717, 1.165) is 54.5 Å². The number of likely N-dealkylation sites (tertiary alicyclic amines) is 1. The summed E-state index contributed by atoms with van der Waals surface area (Å²) in [5, 5.41) is 10.8. The predicted octanol–water partition coefficient (Wildman–Crippen LogP) is 5.22. The van der Waals surface area contributed by atoms with Gasteiger partial charge >= 0.3 is 5.97 Å². The molecule has 1 aliphatic carbocycles. The van der Waals surface area contributed by atoms with E-state index in [-0.39, 0.29) is 18.0 Å². The first-order chi connectivity index (χ1) is 16.9. The molecule has 1 aromatic heterocycles. The van der Waals surface area contributed by atoms with Gasteiger partial charge in [-0.05, 0) is 62.5 Å². The van der Waals surface area contributed by atoms with Crippen molar-refractivity contribution in [1.29, 1.82) is 0 Å². The van der Waals surface area contributed by atoms with Crippen molar-refractivity contribution in [3.8, 4) is 11.3 Å². The standard InChI is InChI=1S/C29H35N3O3/c1-30(2)23-15-16-31(18-23)26(33)19-32-25-17-22(29(34)35)13-14-24(25)27(20-9-5-3-6-10-20)28(32)21-11-7-4-8-12-21/h4,7-8,11-14,17,20,23H,3,5-6,9-10,15-16,18-19H2,1-2H3,(H,34,35). The summed E-state index contributed by atoms with van der Waals surface area (Å²) in [4.78, 5) is 29.6. The Hall–Kier alpha value is -3.12. The van der Waals surface area contributed by atoms with Crippen molar-refractivity contribution in [2.45, 2.75) is 57.0 Å². The fourth-order valence-electron chi connectivity index (χ4n) is 6.01. The molecule has 2 fully saturated rings. The average molecular weight is 474 g/mol. The maximum absolute atomic E-state index is 13.6. The van der Waals surface area contributed by atoms with Crippen molar-refractivity contribution in [1.82, 2.24) is 14.4 Å². The average Bonchev–Trinajstić information content (AvgIpc) is 3.49. The van der Waals surface area contributed by atoms with Gasteiger partial charge in [0, 0.05) is 24.5 Å². The number of aromatic nitrogens is 1. The number of aromatic carboxylic acids is 1. The van der Waals surface area contributed by atoms with Crippen molar-refractivity contribution in [3.63, 3.8) is 0 Å². The summed E-state index contributed by atoms with van der Waals surface area (Å²) in [7, 11) is 4.13. The van der Waals surface area contributed by atoms with E-state index in [0.29, 0.717) is 12.0 Å². The Bertz CT molecular complexity index is 1220. The molecule has 1 atom stereocenters. The normalized spacial score (nSPS) is 19.1. The van der Waals surface area contributed by atoms with Gasteiger partial charge in [0.1, 0.15) is 6.54 Å². The molecule has 0 spiro atoms. The zero-order valence-electron chi connectivity index (χ0n) is 20.7. The highest BCUT2D eigenvalue weighted by Crippen LogP contribution is 2.44. The molecule has 3 aromatic rings. The van der Waals surface area contributed by atoms with Crippen molar-refractivity contribution in [3.05, 3.63) is 59.7 Å². The van der Waals surface area contributed by atoms with Crippen LogP contribution in [0.2, 0.25) is 0 Å². The SMILES string of the molecule is CN(C)C1CCN(C(=O)Cn2c(-c3ccccc3)c(C3CCCCC3)c3ccc(C(=O)O)cc32)C1. The molecular weight excluding hydrogens is 438 g/mol. The minimum absolute atomic E-state index is 0.0966. The predicted molar refractivity (Wildman–Crippen MR) is 139 cm³/mol. The van der Waals surface area contributed by atoms with Crippen LogP contribution in [0.5, 0.6) is 0 Å². The number of carboxylic acid groups (broad SMARTS) is 1. The van der Waals surface area contributed by atoms with Gasteiger partial charge < -0.3 is 19.5 Å². The first kappa shape index (κ1) is 23.6. The summed E-state index contributed by atoms with van der Waals surface area (Å²) in [5.41, 5.74) is 4.55. The summed E-state index contributed by atoms with van der Waals surface area (Å²) in [6.07, 6.45) is 6.91. The number of carboxylic acids is 1. The minimum atomic E-state index is -0.945. The van der Waals surface area contributed by atoms with Crippen molar-refractivity contribution in [2.75, 3.05) is 27.2 Å². The molecule has 1 N–H and O–H groups in total. The summed E-state index contributed by atoms with van der Waals surface area (Å²) in [5.74, 6) is -0.433. The van der Waals surface area contributed by atoms with E-state index in [1.54, 1.807) is 12.1 Å². The summed E-state index contributed by atoms with van der Waals surface area (Å²) >= 11 is 0. The fraction of sp³-hybridized carbons (Fsp3) is 0.448. The topological polar surface area (TPSA) is 65.8 Å². The number of rotatable bonds is 6. The lowest BCUT2D eigenvalue weighted by Gasteiger charge is -2.24. The van der Waals surface area contributed by atoms with Crippen LogP contribution in [0, 0.1) is 0 Å². The molecule has 35 heavy (non-hydrogen) atoms. The molecule has 5 rings (SSSR count). The second-order valence-corrected chi connectivity index (χ2v) is 10.3. The molecule has 1 aliphatic heterocycles. The molecule has 1 saturated carbocycles. The fourth-order valence-corrected chi connectivity index (χ4v) is 6.01. The molecular formula is C29H35N3O3. The Kier molecular flexibility index (Phi) is 6.65. The lowest BCUT2D eigenvalue weighted by Crippen LogP contribution is -2.36. The van der Waals surface area contributed by atoms with Crippen LogP contribution in [0.15, 0.2) is 48.5 Å². The van der Waals surface area contributed by atoms with Gasteiger partial charge in [-0.15, -0.1) is 0 Å². The molecule has 6 nitrogen and oxygen atoms in total. The van der Waals surface area contributed by atoms with E-state index < -0.39 is 5.97 Å². The van der Waals surface area contributed by atoms with Gasteiger partial charge in [0.25, 0.3) is 0 Å². The number of hydrogen-bond acceptors (Lipinski definition) is 3. The van der Waals surface area contributed by atoms with E-state index in [4.69, 9.17) is 0 Å². The van der Waals surface area contributed by atoms with Crippen LogP contribution < -0.4 is 0 Å². The maximum atomic E-state index is 13.6. The van der Waals surface area contributed by atoms with E-state index in [1.807, 2.05) is 29.2 Å². The lowest BCUT2D eigenvalue weighted by atomic mass is 9.82. The van der Waals surface area contributed by atoms with Gasteiger partial charge in [0.2, 0.25) is 5.91 Å². The molecule has 2 heterocycles. The summed E-state index contributed by atoms with van der Waals surface area (Å²) < 4.78 is 2.10. The smallest absolute Gasteiger partial charge is 0.335 e. The van der Waals surface area contributed by atoms with E-state index in [9.17, 15) is 14.7 Å². The van der Waals surface area contributed by atoms with Gasteiger partial charge in [0.15, 0.2) is 0 Å².